The fourth-order valence-corrected chi connectivity index (χ4v) is 2.43. The van der Waals surface area contributed by atoms with Crippen LogP contribution in [0.2, 0.25) is 0 Å². The number of hydrogen-bond acceptors (Lipinski definition) is 0. The van der Waals surface area contributed by atoms with Crippen molar-refractivity contribution in [3.63, 3.8) is 0 Å². The number of benzene rings is 2. The van der Waals surface area contributed by atoms with E-state index < -0.39 is 0 Å². The molecule has 0 saturated carbocycles. The van der Waals surface area contributed by atoms with Crippen molar-refractivity contribution in [2.45, 2.75) is 0 Å². The van der Waals surface area contributed by atoms with Crippen molar-refractivity contribution < 1.29 is 17.9 Å². The van der Waals surface area contributed by atoms with Gasteiger partial charge in [-0.3, -0.25) is 0 Å². The first-order chi connectivity index (χ1) is 6.88. The second kappa shape index (κ2) is 4.44. The fourth-order valence-electron chi connectivity index (χ4n) is 1.45. The van der Waals surface area contributed by atoms with Crippen LogP contribution in [0, 0.1) is 0 Å². The van der Waals surface area contributed by atoms with Gasteiger partial charge in [0.2, 0.25) is 0 Å². The van der Waals surface area contributed by atoms with Crippen molar-refractivity contribution in [2.75, 3.05) is 0 Å². The summed E-state index contributed by atoms with van der Waals surface area (Å²) in [5, 5.41) is 0. The molecule has 0 aromatic heterocycles. The Morgan fingerprint density at radius 2 is 1.00 bits per heavy atom. The molecule has 0 unspecified atom stereocenters. The molecule has 1 heteroatoms. The first kappa shape index (κ1) is 9.49. The third-order valence-corrected chi connectivity index (χ3v) is 3.96. The minimum absolute atomic E-state index is 1.19. The van der Waals surface area contributed by atoms with Gasteiger partial charge in [0, 0.05) is 0 Å². The summed E-state index contributed by atoms with van der Waals surface area (Å²) in [5.41, 5.74) is 2.69. The third kappa shape index (κ3) is 2.05. The summed E-state index contributed by atoms with van der Waals surface area (Å²) in [6.07, 6.45) is 0. The average molecular weight is 232 g/mol. The molecule has 0 amide bonds. The van der Waals surface area contributed by atoms with Crippen molar-refractivity contribution in [2.24, 2.45) is 0 Å². The van der Waals surface area contributed by atoms with Gasteiger partial charge >= 0.3 is 93.7 Å². The van der Waals surface area contributed by atoms with Gasteiger partial charge in [-0.2, -0.15) is 0 Å². The topological polar surface area (TPSA) is 0 Å². The summed E-state index contributed by atoms with van der Waals surface area (Å²) in [4.78, 5) is 0. The zero-order valence-electron chi connectivity index (χ0n) is 7.98. The van der Waals surface area contributed by atoms with Gasteiger partial charge < -0.3 is 0 Å². The molecule has 0 aliphatic rings. The summed E-state index contributed by atoms with van der Waals surface area (Å²) < 4.78 is 1.45. The Labute approximate surface area is 93.8 Å². The fraction of sp³-hybridized carbons (Fsp3) is 0. The van der Waals surface area contributed by atoms with E-state index in [1.54, 1.807) is 0 Å². The van der Waals surface area contributed by atoms with Gasteiger partial charge in [0.05, 0.1) is 0 Å². The van der Waals surface area contributed by atoms with E-state index in [1.165, 1.54) is 33.1 Å². The predicted octanol–water partition coefficient (Wildman–Crippen LogP) is 2.80. The van der Waals surface area contributed by atoms with Gasteiger partial charge in [-0.1, -0.05) is 0 Å². The Bertz CT molecular complexity index is 376. The van der Waals surface area contributed by atoms with E-state index in [2.05, 4.69) is 60.7 Å². The molecular formula is C13H10Zn. The monoisotopic (exact) mass is 230 g/mol. The van der Waals surface area contributed by atoms with Crippen molar-refractivity contribution >= 4 is 4.11 Å². The van der Waals surface area contributed by atoms with Gasteiger partial charge in [0.25, 0.3) is 0 Å². The molecule has 0 fully saturated rings. The molecule has 64 valence electrons. The van der Waals surface area contributed by atoms with E-state index in [4.69, 9.17) is 0 Å². The van der Waals surface area contributed by atoms with Crippen LogP contribution in [-0.4, -0.2) is 4.11 Å². The van der Waals surface area contributed by atoms with Crippen LogP contribution in [0.3, 0.4) is 0 Å². The summed E-state index contributed by atoms with van der Waals surface area (Å²) in [6, 6.07) is 21.2. The second-order valence-corrected chi connectivity index (χ2v) is 4.69. The Kier molecular flexibility index (Phi) is 3.01. The maximum absolute atomic E-state index is 2.17. The van der Waals surface area contributed by atoms with E-state index in [9.17, 15) is 0 Å². The Balaban J connectivity index is 2.35. The van der Waals surface area contributed by atoms with Crippen LogP contribution in [0.1, 0.15) is 11.1 Å². The summed E-state index contributed by atoms with van der Waals surface area (Å²) in [6.45, 7) is 0. The maximum atomic E-state index is 2.17. The number of hydrogen-bond donors (Lipinski definition) is 0. The Hall–Kier alpha value is -1.07. The zero-order chi connectivity index (χ0) is 9.80. The van der Waals surface area contributed by atoms with Gasteiger partial charge in [0.1, 0.15) is 0 Å². The molecule has 0 radical (unpaired) electrons. The molecule has 0 aliphatic heterocycles. The molecule has 0 aliphatic carbocycles. The quantitative estimate of drug-likeness (QED) is 0.698. The number of rotatable bonds is 2. The molecule has 0 spiro atoms. The summed E-state index contributed by atoms with van der Waals surface area (Å²) in [5.74, 6) is 0. The van der Waals surface area contributed by atoms with Crippen LogP contribution in [0.25, 0.3) is 0 Å². The molecule has 2 aromatic rings. The van der Waals surface area contributed by atoms with Gasteiger partial charge in [-0.05, 0) is 0 Å². The van der Waals surface area contributed by atoms with Gasteiger partial charge in [0.15, 0.2) is 0 Å². The zero-order valence-corrected chi connectivity index (χ0v) is 10.9. The van der Waals surface area contributed by atoms with E-state index in [-0.39, 0.29) is 0 Å². The van der Waals surface area contributed by atoms with Crippen molar-refractivity contribution in [3.8, 4) is 0 Å². The normalized spacial score (nSPS) is 9.86. The van der Waals surface area contributed by atoms with E-state index >= 15 is 0 Å². The molecule has 14 heavy (non-hydrogen) atoms. The molecule has 0 heterocycles. The van der Waals surface area contributed by atoms with Gasteiger partial charge in [-0.15, -0.1) is 0 Å². The molecule has 0 bridgehead atoms. The molecule has 2 rings (SSSR count). The van der Waals surface area contributed by atoms with Crippen LogP contribution in [0.5, 0.6) is 0 Å². The van der Waals surface area contributed by atoms with Crippen molar-refractivity contribution in [3.05, 3.63) is 71.8 Å². The summed E-state index contributed by atoms with van der Waals surface area (Å²) in [7, 11) is 0. The molecule has 0 saturated heterocycles. The van der Waals surface area contributed by atoms with Crippen LogP contribution in [0.15, 0.2) is 60.7 Å². The van der Waals surface area contributed by atoms with Crippen LogP contribution in [0.4, 0.5) is 0 Å². The first-order valence-electron chi connectivity index (χ1n) is 4.67. The van der Waals surface area contributed by atoms with E-state index in [0.29, 0.717) is 0 Å². The first-order valence-corrected chi connectivity index (χ1v) is 6.16. The average Bonchev–Trinajstić information content (AvgIpc) is 2.30. The molecule has 0 atom stereocenters. The van der Waals surface area contributed by atoms with E-state index in [1.807, 2.05) is 0 Å². The van der Waals surface area contributed by atoms with Gasteiger partial charge in [-0.25, -0.2) is 0 Å². The molecule has 0 N–H and O–H groups in total. The second-order valence-electron chi connectivity index (χ2n) is 3.21. The SMILES string of the molecule is [Zn]=[C](c1ccccc1)c1ccccc1. The molecular weight excluding hydrogens is 222 g/mol. The van der Waals surface area contributed by atoms with Crippen molar-refractivity contribution in [1.29, 1.82) is 0 Å². The summed E-state index contributed by atoms with van der Waals surface area (Å²) >= 11 is 1.19. The van der Waals surface area contributed by atoms with Crippen LogP contribution in [-0.2, 0) is 17.9 Å². The third-order valence-electron chi connectivity index (χ3n) is 2.24. The van der Waals surface area contributed by atoms with E-state index in [0.717, 1.165) is 0 Å². The van der Waals surface area contributed by atoms with Crippen LogP contribution < -0.4 is 0 Å². The van der Waals surface area contributed by atoms with Crippen molar-refractivity contribution in [1.82, 2.24) is 0 Å². The Morgan fingerprint density at radius 3 is 1.36 bits per heavy atom. The Morgan fingerprint density at radius 1 is 0.643 bits per heavy atom. The molecule has 0 nitrogen and oxygen atoms in total. The predicted molar refractivity (Wildman–Crippen MR) is 56.1 cm³/mol. The molecule has 2 aromatic carbocycles. The minimum atomic E-state index is 1.19. The van der Waals surface area contributed by atoms with Crippen LogP contribution >= 0.6 is 0 Å². The standard InChI is InChI=1S/C13H10.Zn/c1-3-7-12(8-4-1)11-13-9-5-2-6-10-13;/h1-10H;.